The average molecular weight is 283 g/mol. The second kappa shape index (κ2) is 6.18. The van der Waals surface area contributed by atoms with E-state index in [9.17, 15) is 14.4 Å². The maximum Gasteiger partial charge on any atom is 0.322 e. The highest BCUT2D eigenvalue weighted by Gasteiger charge is 2.49. The minimum absolute atomic E-state index is 0.0914. The molecule has 8 nitrogen and oxygen atoms in total. The van der Waals surface area contributed by atoms with Crippen LogP contribution in [0.25, 0.3) is 0 Å². The van der Waals surface area contributed by atoms with Gasteiger partial charge in [0.1, 0.15) is 12.0 Å². The van der Waals surface area contributed by atoms with Gasteiger partial charge in [0.2, 0.25) is 0 Å². The average Bonchev–Trinajstić information content (AvgIpc) is 2.94. The van der Waals surface area contributed by atoms with Gasteiger partial charge in [-0.25, -0.2) is 9.78 Å². The summed E-state index contributed by atoms with van der Waals surface area (Å²) in [5.74, 6) is -1.36. The number of nitrogens with zero attached hydrogens (tertiary/aromatic N) is 1. The van der Waals surface area contributed by atoms with Crippen LogP contribution in [0.15, 0.2) is 10.7 Å². The van der Waals surface area contributed by atoms with Crippen molar-refractivity contribution in [3.63, 3.8) is 0 Å². The van der Waals surface area contributed by atoms with E-state index in [4.69, 9.17) is 9.52 Å². The Labute approximate surface area is 115 Å². The van der Waals surface area contributed by atoms with Crippen LogP contribution >= 0.6 is 0 Å². The number of hydrogen-bond acceptors (Lipinski definition) is 5. The molecule has 0 radical (unpaired) electrons. The highest BCUT2D eigenvalue weighted by atomic mass is 16.4. The van der Waals surface area contributed by atoms with E-state index < -0.39 is 23.4 Å². The minimum Gasteiger partial charge on any atom is -0.481 e. The van der Waals surface area contributed by atoms with Gasteiger partial charge in [-0.05, 0) is 6.42 Å². The summed E-state index contributed by atoms with van der Waals surface area (Å²) in [6.07, 6.45) is 0.869. The van der Waals surface area contributed by atoms with Gasteiger partial charge >= 0.3 is 12.0 Å². The van der Waals surface area contributed by atoms with Gasteiger partial charge in [0.15, 0.2) is 11.4 Å². The fourth-order valence-electron chi connectivity index (χ4n) is 1.83. The number of carbonyl (C=O) groups excluding carboxylic acids is 2. The number of hydrogen-bond donors (Lipinski definition) is 3. The highest BCUT2D eigenvalue weighted by molar-refractivity contribution is 6.07. The van der Waals surface area contributed by atoms with E-state index in [1.54, 1.807) is 6.92 Å². The zero-order chi connectivity index (χ0) is 15.3. The summed E-state index contributed by atoms with van der Waals surface area (Å²) < 4.78 is 5.00. The molecule has 2 rings (SSSR count). The molecule has 2 heterocycles. The predicted molar refractivity (Wildman–Crippen MR) is 67.8 cm³/mol. The molecule has 1 unspecified atom stereocenters. The smallest absolute Gasteiger partial charge is 0.322 e. The lowest BCUT2D eigenvalue weighted by Gasteiger charge is -2.22. The molecule has 0 saturated carbocycles. The number of carboxylic acids is 1. The summed E-state index contributed by atoms with van der Waals surface area (Å²) in [6.45, 7) is 5.59. The van der Waals surface area contributed by atoms with Crippen LogP contribution in [-0.2, 0) is 15.1 Å². The first kappa shape index (κ1) is 15.7. The second-order valence-corrected chi connectivity index (χ2v) is 3.96. The number of urea groups is 1. The van der Waals surface area contributed by atoms with Crippen LogP contribution in [-0.4, -0.2) is 28.0 Å². The topological polar surface area (TPSA) is 122 Å². The minimum atomic E-state index is -1.47. The summed E-state index contributed by atoms with van der Waals surface area (Å²) in [7, 11) is 0. The van der Waals surface area contributed by atoms with E-state index in [1.165, 1.54) is 6.26 Å². The Hall–Kier alpha value is -2.38. The van der Waals surface area contributed by atoms with E-state index >= 15 is 0 Å². The van der Waals surface area contributed by atoms with E-state index in [1.807, 2.05) is 13.8 Å². The number of carbonyl (C=O) groups is 3. The summed E-state index contributed by atoms with van der Waals surface area (Å²) in [5, 5.41) is 13.2. The number of nitrogens with one attached hydrogen (secondary N) is 2. The summed E-state index contributed by atoms with van der Waals surface area (Å²) in [5.41, 5.74) is -1.27. The number of amides is 3. The van der Waals surface area contributed by atoms with Crippen molar-refractivity contribution in [3.8, 4) is 0 Å². The Bertz CT molecular complexity index is 525. The molecular formula is C12H17N3O5. The largest absolute Gasteiger partial charge is 0.481 e. The van der Waals surface area contributed by atoms with E-state index in [-0.39, 0.29) is 18.5 Å². The van der Waals surface area contributed by atoms with Crippen molar-refractivity contribution >= 4 is 17.9 Å². The Morgan fingerprint density at radius 3 is 2.50 bits per heavy atom. The fraction of sp³-hybridized carbons (Fsp3) is 0.500. The molecule has 1 aromatic heterocycles. The predicted octanol–water partition coefficient (Wildman–Crippen LogP) is 0.909. The standard InChI is InChI=1S/C10H11N3O5.C2H6/c1-5-11-6(4-18-5)10(3-2-7(14)15)8(16)12-9(17)13-10;1-2/h4H,2-3H2,1H3,(H,14,15)(H2,12,13,16,17);1-2H3. The molecule has 110 valence electrons. The van der Waals surface area contributed by atoms with Crippen LogP contribution in [0.4, 0.5) is 4.79 Å². The number of aromatic nitrogens is 1. The molecule has 8 heteroatoms. The lowest BCUT2D eigenvalue weighted by Crippen LogP contribution is -2.44. The molecule has 1 aliphatic rings. The summed E-state index contributed by atoms with van der Waals surface area (Å²) in [4.78, 5) is 37.7. The monoisotopic (exact) mass is 283 g/mol. The first-order valence-corrected chi connectivity index (χ1v) is 6.22. The Morgan fingerprint density at radius 2 is 2.10 bits per heavy atom. The molecule has 1 aliphatic heterocycles. The lowest BCUT2D eigenvalue weighted by molar-refractivity contribution is -0.137. The van der Waals surface area contributed by atoms with Crippen molar-refractivity contribution < 1.29 is 23.9 Å². The van der Waals surface area contributed by atoms with Crippen molar-refractivity contribution in [3.05, 3.63) is 17.8 Å². The van der Waals surface area contributed by atoms with Crippen LogP contribution in [0.3, 0.4) is 0 Å². The van der Waals surface area contributed by atoms with Gasteiger partial charge < -0.3 is 14.8 Å². The fourth-order valence-corrected chi connectivity index (χ4v) is 1.83. The number of oxazole rings is 1. The van der Waals surface area contributed by atoms with Crippen LogP contribution in [0.5, 0.6) is 0 Å². The number of imide groups is 1. The van der Waals surface area contributed by atoms with Crippen molar-refractivity contribution in [1.82, 2.24) is 15.6 Å². The zero-order valence-corrected chi connectivity index (χ0v) is 11.5. The van der Waals surface area contributed by atoms with Crippen LogP contribution in [0.2, 0.25) is 0 Å². The van der Waals surface area contributed by atoms with Crippen molar-refractivity contribution in [1.29, 1.82) is 0 Å². The molecule has 0 spiro atoms. The highest BCUT2D eigenvalue weighted by Crippen LogP contribution is 2.29. The lowest BCUT2D eigenvalue weighted by atomic mass is 9.90. The van der Waals surface area contributed by atoms with Gasteiger partial charge in [-0.1, -0.05) is 13.8 Å². The quantitative estimate of drug-likeness (QED) is 0.706. The maximum absolute atomic E-state index is 11.9. The Morgan fingerprint density at radius 1 is 1.45 bits per heavy atom. The molecule has 0 aliphatic carbocycles. The number of aryl methyl sites for hydroxylation is 1. The van der Waals surface area contributed by atoms with Gasteiger partial charge in [0.25, 0.3) is 5.91 Å². The molecule has 3 N–H and O–H groups in total. The molecule has 3 amide bonds. The molecule has 0 bridgehead atoms. The van der Waals surface area contributed by atoms with Gasteiger partial charge in [-0.15, -0.1) is 0 Å². The zero-order valence-electron chi connectivity index (χ0n) is 11.5. The molecule has 1 saturated heterocycles. The third-order valence-corrected chi connectivity index (χ3v) is 2.71. The van der Waals surface area contributed by atoms with Gasteiger partial charge in [0.05, 0.1) is 0 Å². The van der Waals surface area contributed by atoms with Crippen LogP contribution < -0.4 is 10.6 Å². The van der Waals surface area contributed by atoms with Crippen molar-refractivity contribution in [2.24, 2.45) is 0 Å². The van der Waals surface area contributed by atoms with Crippen molar-refractivity contribution in [2.45, 2.75) is 39.2 Å². The molecule has 1 fully saturated rings. The molecule has 20 heavy (non-hydrogen) atoms. The second-order valence-electron chi connectivity index (χ2n) is 3.96. The van der Waals surface area contributed by atoms with Gasteiger partial charge in [0, 0.05) is 13.3 Å². The van der Waals surface area contributed by atoms with E-state index in [0.29, 0.717) is 5.89 Å². The molecule has 1 aromatic rings. The third-order valence-electron chi connectivity index (χ3n) is 2.71. The Kier molecular flexibility index (Phi) is 4.84. The molecular weight excluding hydrogens is 266 g/mol. The Balaban J connectivity index is 0.000000956. The molecule has 0 aromatic carbocycles. The normalized spacial score (nSPS) is 20.8. The summed E-state index contributed by atoms with van der Waals surface area (Å²) >= 11 is 0. The van der Waals surface area contributed by atoms with Crippen LogP contribution in [0.1, 0.15) is 38.3 Å². The molecule has 1 atom stereocenters. The maximum atomic E-state index is 11.9. The van der Waals surface area contributed by atoms with Gasteiger partial charge in [-0.3, -0.25) is 14.9 Å². The van der Waals surface area contributed by atoms with E-state index in [2.05, 4.69) is 15.6 Å². The number of carboxylic acid groups (broad SMARTS) is 1. The van der Waals surface area contributed by atoms with Gasteiger partial charge in [-0.2, -0.15) is 0 Å². The van der Waals surface area contributed by atoms with Crippen molar-refractivity contribution in [2.75, 3.05) is 0 Å². The number of rotatable bonds is 4. The SMILES string of the molecule is CC.Cc1nc(C2(CCC(=O)O)NC(=O)NC2=O)co1. The third kappa shape index (κ3) is 2.95. The van der Waals surface area contributed by atoms with E-state index in [0.717, 1.165) is 0 Å². The van der Waals surface area contributed by atoms with Crippen LogP contribution in [0, 0.1) is 6.92 Å². The summed E-state index contributed by atoms with van der Waals surface area (Å²) in [6, 6.07) is -0.675. The number of aliphatic carboxylic acids is 1. The first-order valence-electron chi connectivity index (χ1n) is 6.22. The first-order chi connectivity index (χ1) is 9.44.